The van der Waals surface area contributed by atoms with Crippen LogP contribution in [0.2, 0.25) is 5.02 Å². The summed E-state index contributed by atoms with van der Waals surface area (Å²) in [5.41, 5.74) is 0.802. The van der Waals surface area contributed by atoms with Gasteiger partial charge in [0, 0.05) is 4.47 Å². The lowest BCUT2D eigenvalue weighted by Crippen LogP contribution is -2.32. The maximum Gasteiger partial charge on any atom is 0.327 e. The summed E-state index contributed by atoms with van der Waals surface area (Å²) in [5, 5.41) is 3.76. The first kappa shape index (κ1) is 15.5. The van der Waals surface area contributed by atoms with Crippen LogP contribution in [0.1, 0.15) is 25.5 Å². The van der Waals surface area contributed by atoms with Gasteiger partial charge in [0.25, 0.3) is 0 Å². The lowest BCUT2D eigenvalue weighted by molar-refractivity contribution is -0.143. The van der Waals surface area contributed by atoms with E-state index in [-0.39, 0.29) is 5.97 Å². The van der Waals surface area contributed by atoms with Gasteiger partial charge < -0.3 is 10.1 Å². The van der Waals surface area contributed by atoms with Crippen LogP contribution in [0.25, 0.3) is 0 Å². The van der Waals surface area contributed by atoms with Gasteiger partial charge in [-0.2, -0.15) is 0 Å². The van der Waals surface area contributed by atoms with E-state index >= 15 is 0 Å². The van der Waals surface area contributed by atoms with E-state index in [1.54, 1.807) is 6.07 Å². The average molecular weight is 335 g/mol. The summed E-state index contributed by atoms with van der Waals surface area (Å²) in [7, 11) is 1.38. The normalized spacial score (nSPS) is 12.6. The first-order chi connectivity index (χ1) is 8.45. The summed E-state index contributed by atoms with van der Waals surface area (Å²) in [6.45, 7) is 4.89. The Morgan fingerprint density at radius 2 is 2.17 bits per heavy atom. The van der Waals surface area contributed by atoms with E-state index in [1.807, 2.05) is 12.1 Å². The summed E-state index contributed by atoms with van der Waals surface area (Å²) in [6, 6.07) is 4.96. The quantitative estimate of drug-likeness (QED) is 0.837. The topological polar surface area (TPSA) is 38.3 Å². The number of esters is 1. The molecule has 0 fully saturated rings. The predicted octanol–water partition coefficient (Wildman–Crippen LogP) is 3.56. The van der Waals surface area contributed by atoms with Gasteiger partial charge in [-0.25, -0.2) is 4.79 Å². The van der Waals surface area contributed by atoms with Crippen molar-refractivity contribution in [1.29, 1.82) is 0 Å². The minimum atomic E-state index is -0.483. The fraction of sp³-hybridized carbons (Fsp3) is 0.462. The molecule has 0 aliphatic rings. The summed E-state index contributed by atoms with van der Waals surface area (Å²) >= 11 is 9.37. The molecule has 1 unspecified atom stereocenters. The second-order valence-electron chi connectivity index (χ2n) is 4.43. The number of carbonyl (C=O) groups excluding carboxylic acids is 1. The number of methoxy groups -OCH3 is 1. The molecule has 5 heteroatoms. The number of benzene rings is 1. The van der Waals surface area contributed by atoms with Crippen molar-refractivity contribution >= 4 is 33.5 Å². The van der Waals surface area contributed by atoms with Crippen LogP contribution in [-0.4, -0.2) is 19.6 Å². The SMILES string of the molecule is COC(=O)C(NCC(C)C)c1ccc(Br)c(Cl)c1. The lowest BCUT2D eigenvalue weighted by atomic mass is 10.1. The molecule has 1 atom stereocenters. The van der Waals surface area contributed by atoms with Crippen molar-refractivity contribution in [3.8, 4) is 0 Å². The highest BCUT2D eigenvalue weighted by molar-refractivity contribution is 9.10. The van der Waals surface area contributed by atoms with E-state index in [0.29, 0.717) is 10.9 Å². The van der Waals surface area contributed by atoms with Gasteiger partial charge in [-0.1, -0.05) is 31.5 Å². The van der Waals surface area contributed by atoms with Crippen molar-refractivity contribution in [2.24, 2.45) is 5.92 Å². The Bertz CT molecular complexity index is 423. The molecule has 1 aromatic rings. The highest BCUT2D eigenvalue weighted by Gasteiger charge is 2.21. The van der Waals surface area contributed by atoms with E-state index in [9.17, 15) is 4.79 Å². The third-order valence-corrected chi connectivity index (χ3v) is 3.68. The number of hydrogen-bond acceptors (Lipinski definition) is 3. The summed E-state index contributed by atoms with van der Waals surface area (Å²) in [5.74, 6) is 0.136. The van der Waals surface area contributed by atoms with Crippen LogP contribution in [0.3, 0.4) is 0 Å². The molecule has 0 aliphatic carbocycles. The molecular weight excluding hydrogens is 318 g/mol. The molecule has 1 N–H and O–H groups in total. The Hall–Kier alpha value is -0.580. The first-order valence-corrected chi connectivity index (χ1v) is 6.89. The number of halogens is 2. The molecule has 0 heterocycles. The molecule has 0 bridgehead atoms. The summed E-state index contributed by atoms with van der Waals surface area (Å²) < 4.78 is 5.62. The highest BCUT2D eigenvalue weighted by Crippen LogP contribution is 2.26. The van der Waals surface area contributed by atoms with Gasteiger partial charge in [-0.05, 0) is 46.1 Å². The smallest absolute Gasteiger partial charge is 0.327 e. The fourth-order valence-electron chi connectivity index (χ4n) is 1.50. The Labute approximate surface area is 121 Å². The van der Waals surface area contributed by atoms with E-state index in [2.05, 4.69) is 35.1 Å². The number of rotatable bonds is 5. The van der Waals surface area contributed by atoms with Crippen LogP contribution in [0.4, 0.5) is 0 Å². The zero-order valence-corrected chi connectivity index (χ0v) is 13.0. The third-order valence-electron chi connectivity index (χ3n) is 2.44. The maximum atomic E-state index is 11.8. The summed E-state index contributed by atoms with van der Waals surface area (Å²) in [6.07, 6.45) is 0. The minimum Gasteiger partial charge on any atom is -0.468 e. The van der Waals surface area contributed by atoms with Gasteiger partial charge in [0.1, 0.15) is 6.04 Å². The van der Waals surface area contributed by atoms with Crippen LogP contribution >= 0.6 is 27.5 Å². The highest BCUT2D eigenvalue weighted by atomic mass is 79.9. The number of carbonyl (C=O) groups is 1. The molecule has 3 nitrogen and oxygen atoms in total. The first-order valence-electron chi connectivity index (χ1n) is 5.72. The van der Waals surface area contributed by atoms with Crippen LogP contribution < -0.4 is 5.32 Å². The van der Waals surface area contributed by atoms with Crippen molar-refractivity contribution < 1.29 is 9.53 Å². The Morgan fingerprint density at radius 3 is 2.67 bits per heavy atom. The van der Waals surface area contributed by atoms with Crippen molar-refractivity contribution in [3.63, 3.8) is 0 Å². The average Bonchev–Trinajstić information content (AvgIpc) is 2.33. The standard InChI is InChI=1S/C13H17BrClNO2/c1-8(2)7-16-12(13(17)18-3)9-4-5-10(14)11(15)6-9/h4-6,8,12,16H,7H2,1-3H3. The van der Waals surface area contributed by atoms with Crippen LogP contribution in [0.15, 0.2) is 22.7 Å². The Kier molecular flexibility index (Phi) is 6.12. The second kappa shape index (κ2) is 7.12. The molecule has 18 heavy (non-hydrogen) atoms. The molecule has 0 saturated carbocycles. The molecular formula is C13H17BrClNO2. The van der Waals surface area contributed by atoms with Gasteiger partial charge >= 0.3 is 5.97 Å². The molecule has 100 valence electrons. The van der Waals surface area contributed by atoms with Crippen LogP contribution in [-0.2, 0) is 9.53 Å². The maximum absolute atomic E-state index is 11.8. The number of ether oxygens (including phenoxy) is 1. The molecule has 0 aromatic heterocycles. The van der Waals surface area contributed by atoms with E-state index in [0.717, 1.165) is 16.6 Å². The van der Waals surface area contributed by atoms with E-state index in [1.165, 1.54) is 7.11 Å². The Balaban J connectivity index is 2.94. The fourth-order valence-corrected chi connectivity index (χ4v) is 1.94. The van der Waals surface area contributed by atoms with Gasteiger partial charge in [0.05, 0.1) is 12.1 Å². The van der Waals surface area contributed by atoms with Crippen molar-refractivity contribution in [3.05, 3.63) is 33.3 Å². The van der Waals surface area contributed by atoms with Gasteiger partial charge in [0.15, 0.2) is 0 Å². The predicted molar refractivity (Wildman–Crippen MR) is 76.7 cm³/mol. The largest absolute Gasteiger partial charge is 0.468 e. The lowest BCUT2D eigenvalue weighted by Gasteiger charge is -2.18. The molecule has 0 saturated heterocycles. The third kappa shape index (κ3) is 4.26. The van der Waals surface area contributed by atoms with E-state index < -0.39 is 6.04 Å². The van der Waals surface area contributed by atoms with Crippen molar-refractivity contribution in [2.45, 2.75) is 19.9 Å². The minimum absolute atomic E-state index is 0.311. The summed E-state index contributed by atoms with van der Waals surface area (Å²) in [4.78, 5) is 11.8. The Morgan fingerprint density at radius 1 is 1.50 bits per heavy atom. The van der Waals surface area contributed by atoms with Gasteiger partial charge in [-0.3, -0.25) is 0 Å². The molecule has 1 rings (SSSR count). The van der Waals surface area contributed by atoms with Crippen molar-refractivity contribution in [2.75, 3.05) is 13.7 Å². The molecule has 0 spiro atoms. The number of nitrogens with one attached hydrogen (secondary N) is 1. The van der Waals surface area contributed by atoms with Crippen LogP contribution in [0, 0.1) is 5.92 Å². The molecule has 1 aromatic carbocycles. The van der Waals surface area contributed by atoms with Crippen LogP contribution in [0.5, 0.6) is 0 Å². The zero-order chi connectivity index (χ0) is 13.7. The van der Waals surface area contributed by atoms with Gasteiger partial charge in [0.2, 0.25) is 0 Å². The zero-order valence-electron chi connectivity index (χ0n) is 10.7. The number of hydrogen-bond donors (Lipinski definition) is 1. The molecule has 0 amide bonds. The monoisotopic (exact) mass is 333 g/mol. The van der Waals surface area contributed by atoms with E-state index in [4.69, 9.17) is 16.3 Å². The van der Waals surface area contributed by atoms with Crippen molar-refractivity contribution in [1.82, 2.24) is 5.32 Å². The van der Waals surface area contributed by atoms with Gasteiger partial charge in [-0.15, -0.1) is 0 Å². The molecule has 0 radical (unpaired) electrons. The second-order valence-corrected chi connectivity index (χ2v) is 5.69. The molecule has 0 aliphatic heterocycles.